The Morgan fingerprint density at radius 3 is 1.65 bits per heavy atom. The highest BCUT2D eigenvalue weighted by Gasteiger charge is 2.33. The predicted molar refractivity (Wildman–Crippen MR) is 110 cm³/mol. The van der Waals surface area contributed by atoms with Crippen molar-refractivity contribution in [3.63, 3.8) is 0 Å². The summed E-state index contributed by atoms with van der Waals surface area (Å²) < 4.78 is 19.2. The molecule has 0 aromatic rings. The maximum Gasteiger partial charge on any atom is 0.184 e. The molecule has 0 fully saturated rings. The summed E-state index contributed by atoms with van der Waals surface area (Å²) in [6.45, 7) is 24.6. The minimum Gasteiger partial charge on any atom is -0.415 e. The van der Waals surface area contributed by atoms with Crippen molar-refractivity contribution in [2.45, 2.75) is 90.4 Å². The lowest BCUT2D eigenvalue weighted by molar-refractivity contribution is 0.00707. The Labute approximate surface area is 148 Å². The molecule has 0 heterocycles. The zero-order valence-electron chi connectivity index (χ0n) is 17.0. The summed E-state index contributed by atoms with van der Waals surface area (Å²) in [5.74, 6) is 0. The van der Waals surface area contributed by atoms with Crippen LogP contribution in [0.3, 0.4) is 0 Å². The fourth-order valence-electron chi connectivity index (χ4n) is 2.24. The van der Waals surface area contributed by atoms with Gasteiger partial charge in [-0.05, 0) is 78.2 Å². The second-order valence-electron chi connectivity index (χ2n) is 9.18. The molecule has 3 nitrogen and oxygen atoms in total. The molecule has 0 amide bonds. The van der Waals surface area contributed by atoms with Crippen LogP contribution in [-0.2, 0) is 13.3 Å². The molecular weight excluding hydrogens is 336 g/mol. The Balaban J connectivity index is 5.10. The van der Waals surface area contributed by atoms with E-state index in [2.05, 4.69) is 65.5 Å². The zero-order valence-corrected chi connectivity index (χ0v) is 20.0. The molecule has 0 radical (unpaired) electrons. The first-order valence-electron chi connectivity index (χ1n) is 8.84. The SMILES string of the molecule is C=CCCCC(O[Si](C)(C)C)C(CO[Si](C)(C)C)O[Si](C)(C)C. The van der Waals surface area contributed by atoms with Crippen molar-refractivity contribution in [1.29, 1.82) is 0 Å². The number of unbranched alkanes of at least 4 members (excludes halogenated alkanes) is 1. The van der Waals surface area contributed by atoms with Gasteiger partial charge in [-0.25, -0.2) is 0 Å². The van der Waals surface area contributed by atoms with Crippen LogP contribution < -0.4 is 0 Å². The van der Waals surface area contributed by atoms with Crippen molar-refractivity contribution in [2.24, 2.45) is 0 Å². The summed E-state index contributed by atoms with van der Waals surface area (Å²) in [6, 6.07) is 0. The molecular formula is C17H40O3Si3. The van der Waals surface area contributed by atoms with Crippen molar-refractivity contribution in [3.8, 4) is 0 Å². The van der Waals surface area contributed by atoms with Crippen LogP contribution in [0.5, 0.6) is 0 Å². The average Bonchev–Trinajstić information content (AvgIpc) is 2.29. The summed E-state index contributed by atoms with van der Waals surface area (Å²) in [7, 11) is -4.84. The van der Waals surface area contributed by atoms with Crippen LogP contribution >= 0.6 is 0 Å². The second kappa shape index (κ2) is 9.68. The summed E-state index contributed by atoms with van der Waals surface area (Å²) in [6.07, 6.45) is 5.30. The minimum absolute atomic E-state index is 0.0462. The predicted octanol–water partition coefficient (Wildman–Crippen LogP) is 5.63. The molecule has 0 spiro atoms. The third kappa shape index (κ3) is 14.3. The first-order valence-corrected chi connectivity index (χ1v) is 19.1. The Hall–Kier alpha value is 0.271. The van der Waals surface area contributed by atoms with Crippen LogP contribution in [0.15, 0.2) is 12.7 Å². The number of rotatable bonds is 12. The largest absolute Gasteiger partial charge is 0.415 e. The smallest absolute Gasteiger partial charge is 0.184 e. The number of allylic oxidation sites excluding steroid dienone is 1. The molecule has 0 bridgehead atoms. The maximum atomic E-state index is 6.49. The van der Waals surface area contributed by atoms with E-state index in [1.54, 1.807) is 0 Å². The molecule has 0 aromatic carbocycles. The molecule has 0 saturated heterocycles. The topological polar surface area (TPSA) is 27.7 Å². The van der Waals surface area contributed by atoms with E-state index < -0.39 is 25.0 Å². The first kappa shape index (κ1) is 23.3. The van der Waals surface area contributed by atoms with Crippen LogP contribution in [0.1, 0.15) is 19.3 Å². The van der Waals surface area contributed by atoms with Crippen LogP contribution in [0.2, 0.25) is 58.9 Å². The van der Waals surface area contributed by atoms with Gasteiger partial charge in [0.2, 0.25) is 0 Å². The Bertz CT molecular complexity index is 340. The van der Waals surface area contributed by atoms with E-state index in [0.29, 0.717) is 6.61 Å². The Morgan fingerprint density at radius 2 is 1.26 bits per heavy atom. The van der Waals surface area contributed by atoms with Crippen LogP contribution in [0.4, 0.5) is 0 Å². The number of hydrogen-bond donors (Lipinski definition) is 0. The highest BCUT2D eigenvalue weighted by atomic mass is 28.4. The van der Waals surface area contributed by atoms with Crippen LogP contribution in [0, 0.1) is 0 Å². The van der Waals surface area contributed by atoms with E-state index in [1.165, 1.54) is 0 Å². The van der Waals surface area contributed by atoms with Gasteiger partial charge in [-0.1, -0.05) is 6.08 Å². The monoisotopic (exact) mass is 376 g/mol. The highest BCUT2D eigenvalue weighted by Crippen LogP contribution is 2.22. The molecule has 6 heteroatoms. The van der Waals surface area contributed by atoms with Crippen molar-refractivity contribution < 1.29 is 13.3 Å². The fraction of sp³-hybridized carbons (Fsp3) is 0.882. The molecule has 0 rings (SSSR count). The van der Waals surface area contributed by atoms with E-state index in [-0.39, 0.29) is 12.2 Å². The van der Waals surface area contributed by atoms with Crippen molar-refractivity contribution in [3.05, 3.63) is 12.7 Å². The summed E-state index contributed by atoms with van der Waals surface area (Å²) in [5, 5.41) is 0. The van der Waals surface area contributed by atoms with Gasteiger partial charge in [0.25, 0.3) is 0 Å². The van der Waals surface area contributed by atoms with Gasteiger partial charge in [-0.15, -0.1) is 6.58 Å². The van der Waals surface area contributed by atoms with Gasteiger partial charge in [0, 0.05) is 0 Å². The summed E-state index contributed by atoms with van der Waals surface area (Å²) in [5.41, 5.74) is 0. The van der Waals surface area contributed by atoms with Gasteiger partial charge in [0.15, 0.2) is 25.0 Å². The van der Waals surface area contributed by atoms with Gasteiger partial charge in [-0.2, -0.15) is 0 Å². The maximum absolute atomic E-state index is 6.49. The third-order valence-corrected chi connectivity index (χ3v) is 6.05. The average molecular weight is 377 g/mol. The quantitative estimate of drug-likeness (QED) is 0.251. The van der Waals surface area contributed by atoms with E-state index >= 15 is 0 Å². The van der Waals surface area contributed by atoms with Crippen molar-refractivity contribution in [1.82, 2.24) is 0 Å². The molecule has 0 saturated carbocycles. The Kier molecular flexibility index (Phi) is 9.79. The van der Waals surface area contributed by atoms with E-state index in [1.807, 2.05) is 6.08 Å². The molecule has 23 heavy (non-hydrogen) atoms. The van der Waals surface area contributed by atoms with Crippen molar-refractivity contribution in [2.75, 3.05) is 6.61 Å². The lowest BCUT2D eigenvalue weighted by atomic mass is 10.1. The third-order valence-electron chi connectivity index (χ3n) is 3.00. The van der Waals surface area contributed by atoms with Gasteiger partial charge >= 0.3 is 0 Å². The second-order valence-corrected chi connectivity index (χ2v) is 22.6. The zero-order chi connectivity index (χ0) is 18.3. The van der Waals surface area contributed by atoms with E-state index in [9.17, 15) is 0 Å². The molecule has 138 valence electrons. The summed E-state index contributed by atoms with van der Waals surface area (Å²) in [4.78, 5) is 0. The van der Waals surface area contributed by atoms with Crippen LogP contribution in [0.25, 0.3) is 0 Å². The lowest BCUT2D eigenvalue weighted by Gasteiger charge is -2.37. The molecule has 2 unspecified atom stereocenters. The summed E-state index contributed by atoms with van der Waals surface area (Å²) >= 11 is 0. The molecule has 0 N–H and O–H groups in total. The van der Waals surface area contributed by atoms with E-state index in [4.69, 9.17) is 13.3 Å². The van der Waals surface area contributed by atoms with Gasteiger partial charge in [-0.3, -0.25) is 0 Å². The highest BCUT2D eigenvalue weighted by molar-refractivity contribution is 6.70. The van der Waals surface area contributed by atoms with E-state index in [0.717, 1.165) is 19.3 Å². The van der Waals surface area contributed by atoms with Gasteiger partial charge in [0.1, 0.15) is 0 Å². The number of hydrogen-bond acceptors (Lipinski definition) is 3. The van der Waals surface area contributed by atoms with Crippen LogP contribution in [-0.4, -0.2) is 43.8 Å². The molecule has 0 aromatic heterocycles. The minimum atomic E-state index is -1.65. The van der Waals surface area contributed by atoms with Crippen molar-refractivity contribution >= 4 is 25.0 Å². The standard InChI is InChI=1S/C17H40O3Si3/c1-11-12-13-14-16(19-22(5,6)7)17(20-23(8,9)10)15-18-21(2,3)4/h11,16-17H,1,12-15H2,2-10H3. The Morgan fingerprint density at radius 1 is 0.783 bits per heavy atom. The first-order chi connectivity index (χ1) is 10.2. The van der Waals surface area contributed by atoms with Gasteiger partial charge < -0.3 is 13.3 Å². The molecule has 0 aliphatic carbocycles. The normalized spacial score (nSPS) is 16.2. The van der Waals surface area contributed by atoms with Gasteiger partial charge in [0.05, 0.1) is 18.8 Å². The molecule has 0 aliphatic heterocycles. The lowest BCUT2D eigenvalue weighted by Crippen LogP contribution is -2.48. The fourth-order valence-corrected chi connectivity index (χ4v) is 5.21. The molecule has 0 aliphatic rings. The molecule has 2 atom stereocenters.